The number of nitrogens with one attached hydrogen (secondary N) is 13. The van der Waals surface area contributed by atoms with Crippen molar-refractivity contribution in [2.24, 2.45) is 17.8 Å². The normalized spacial score (nSPS) is 21.6. The van der Waals surface area contributed by atoms with E-state index in [0.717, 1.165) is 16.7 Å². The Morgan fingerprint density at radius 1 is 0.452 bits per heavy atom. The van der Waals surface area contributed by atoms with E-state index in [0.29, 0.717) is 44.3 Å². The van der Waals surface area contributed by atoms with Crippen LogP contribution in [0.5, 0.6) is 17.2 Å². The number of amides is 13. The summed E-state index contributed by atoms with van der Waals surface area (Å²) in [4.78, 5) is 209. The van der Waals surface area contributed by atoms with Crippen molar-refractivity contribution < 1.29 is 102 Å². The number of ether oxygens (including phenoxy) is 2. The summed E-state index contributed by atoms with van der Waals surface area (Å²) in [7, 11) is 1.32. The van der Waals surface area contributed by atoms with E-state index in [4.69, 9.17) is 14.6 Å². The highest BCUT2D eigenvalue weighted by atomic mass is 32.2. The number of phenols is 3. The van der Waals surface area contributed by atoms with Crippen LogP contribution in [0.15, 0.2) is 164 Å². The number of H-pyrrole nitrogens is 1. The predicted octanol–water partition coefficient (Wildman–Crippen LogP) is 1.55. The van der Waals surface area contributed by atoms with Gasteiger partial charge in [0.2, 0.25) is 76.8 Å². The van der Waals surface area contributed by atoms with E-state index in [9.17, 15) is 58.8 Å². The third kappa shape index (κ3) is 32.0. The molecule has 0 unspecified atom stereocenters. The quantitative estimate of drug-likeness (QED) is 0.0325. The van der Waals surface area contributed by atoms with Gasteiger partial charge in [0.15, 0.2) is 0 Å². The number of fused-ring (bicyclic) bond motifs is 1. The summed E-state index contributed by atoms with van der Waals surface area (Å²) in [5.74, 6) is -15.6. The highest BCUT2D eigenvalue weighted by Gasteiger charge is 2.40. The van der Waals surface area contributed by atoms with Crippen LogP contribution in [-0.2, 0) is 115 Å². The standard InChI is InChI=1S/C90H114N14O21S/c1-52(2)38-66-82(115)102-74(81(114)91-34-35-124-36-37-125-49-78(111)112)50-126-51-77(110)95-68(40-55-16-10-8-11-17-55)83(116)97-69(41-57-22-28-61(106)29-23-57)84(117)96-67(39-53(3)4)87(120)103-79(54(5)6)89(122)99-70(42-58-24-30-62(107)31-25-58)85(118)101-73(48-105)80(113)93-47-76(109)94-71(45-60-46-92-65-21-15-14-20-64(60)65)86(119)100-72(43-59-26-32-63(108)33-27-59)90(123)104(7)75(88(121)98-66)44-56-18-12-9-13-19-56/h8-33,46,52-54,66-75,79,92,105-108H,34-45,47-51H2,1-7H3,(H,91,114)(H,93,113)(H,94,109)(H,95,110)(H,96,117)(H,97,116)(H,98,121)(H,99,122)(H,100,119)(H,101,118)(H,102,115)(H,103,120)(H,111,112)/t66-,67-,68-,69-,70-,71-,72-,73-,74-,75-,79-/m0/s1. The summed E-state index contributed by atoms with van der Waals surface area (Å²) in [5, 5.41) is 83.7. The number of aliphatic hydroxyl groups is 1. The number of carboxylic acids is 1. The molecule has 36 heteroatoms. The molecule has 676 valence electrons. The van der Waals surface area contributed by atoms with Gasteiger partial charge < -0.3 is 109 Å². The van der Waals surface area contributed by atoms with E-state index in [1.54, 1.807) is 133 Å². The number of aromatic hydroxyl groups is 3. The number of aliphatic carboxylic acids is 1. The Hall–Kier alpha value is -12.9. The molecule has 18 N–H and O–H groups in total. The van der Waals surface area contributed by atoms with Gasteiger partial charge >= 0.3 is 5.97 Å². The fraction of sp³-hybridized carbons (Fsp3) is 0.422. The van der Waals surface area contributed by atoms with Gasteiger partial charge in [0.05, 0.1) is 38.7 Å². The van der Waals surface area contributed by atoms with Crippen molar-refractivity contribution in [1.29, 1.82) is 0 Å². The molecule has 1 aliphatic heterocycles. The summed E-state index contributed by atoms with van der Waals surface area (Å²) in [6.45, 7) is 7.31. The fourth-order valence-electron chi connectivity index (χ4n) is 13.9. The largest absolute Gasteiger partial charge is 0.508 e. The first kappa shape index (κ1) is 98.5. The number of carbonyl (C=O) groups excluding carboxylic acids is 13. The number of benzene rings is 6. The average molecular weight is 1760 g/mol. The number of hydrogen-bond acceptors (Lipinski definition) is 21. The first-order valence-corrected chi connectivity index (χ1v) is 42.7. The molecule has 1 aromatic heterocycles. The lowest BCUT2D eigenvalue weighted by atomic mass is 9.98. The number of aliphatic hydroxyl groups excluding tert-OH is 1. The van der Waals surface area contributed by atoms with Gasteiger partial charge in [-0.1, -0.05) is 157 Å². The number of para-hydroxylation sites is 1. The van der Waals surface area contributed by atoms with Crippen LogP contribution < -0.4 is 63.8 Å². The van der Waals surface area contributed by atoms with Gasteiger partial charge in [0.1, 0.15) is 90.3 Å². The van der Waals surface area contributed by atoms with Crippen LogP contribution in [0.2, 0.25) is 0 Å². The van der Waals surface area contributed by atoms with Crippen molar-refractivity contribution in [3.8, 4) is 17.2 Å². The number of carbonyl (C=O) groups is 14. The van der Waals surface area contributed by atoms with Gasteiger partial charge in [0.25, 0.3) is 0 Å². The Labute approximate surface area is 734 Å². The molecule has 2 heterocycles. The smallest absolute Gasteiger partial charge is 0.329 e. The third-order valence-electron chi connectivity index (χ3n) is 20.5. The third-order valence-corrected chi connectivity index (χ3v) is 21.6. The zero-order valence-electron chi connectivity index (χ0n) is 71.3. The molecule has 1 fully saturated rings. The molecule has 0 saturated carbocycles. The van der Waals surface area contributed by atoms with Crippen LogP contribution in [0.3, 0.4) is 0 Å². The van der Waals surface area contributed by atoms with E-state index >= 15 is 28.8 Å². The van der Waals surface area contributed by atoms with Gasteiger partial charge in [-0.25, -0.2) is 4.79 Å². The summed E-state index contributed by atoms with van der Waals surface area (Å²) >= 11 is 0.868. The minimum atomic E-state index is -1.83. The van der Waals surface area contributed by atoms with Crippen LogP contribution in [0.25, 0.3) is 10.9 Å². The topological polar surface area (TPSA) is 522 Å². The Kier molecular flexibility index (Phi) is 38.7. The maximum Gasteiger partial charge on any atom is 0.329 e. The van der Waals surface area contributed by atoms with E-state index in [-0.39, 0.29) is 113 Å². The maximum atomic E-state index is 15.7. The fourth-order valence-corrected chi connectivity index (χ4v) is 14.8. The SMILES string of the molecule is CC(C)C[C@@H]1NC(=O)[C@H](Cc2ccc(O)cc2)NC(=O)[C@H](Cc2ccccc2)NC(=O)CSC[C@@H](C(=O)NCCOCCOCC(=O)O)NC(=O)[C@H](CC(C)C)NC(=O)[C@H](Cc2ccccc2)N(C)C(=O)[C@H](Cc2ccc(O)cc2)NC(=O)[C@H](Cc2c[nH]c3ccccc23)NC(=O)CNC(=O)[C@H](CO)NC(=O)[C@H](Cc2ccc(O)cc2)NC(=O)[C@H](C(C)C)NC1=O. The lowest BCUT2D eigenvalue weighted by molar-refractivity contribution is -0.143. The predicted molar refractivity (Wildman–Crippen MR) is 467 cm³/mol. The summed E-state index contributed by atoms with van der Waals surface area (Å²) in [6, 6.07) is 24.3. The molecule has 126 heavy (non-hydrogen) atoms. The Morgan fingerprint density at radius 3 is 1.40 bits per heavy atom. The number of hydrogen-bond donors (Lipinski definition) is 18. The number of aromatic nitrogens is 1. The molecule has 0 spiro atoms. The molecule has 0 bridgehead atoms. The molecule has 7 aromatic rings. The van der Waals surface area contributed by atoms with E-state index < -0.39 is 181 Å². The van der Waals surface area contributed by atoms with Crippen LogP contribution in [-0.4, -0.2) is 249 Å². The van der Waals surface area contributed by atoms with Gasteiger partial charge in [-0.2, -0.15) is 0 Å². The number of likely N-dealkylation sites (N-methyl/N-ethyl adjacent to an activating group) is 1. The first-order chi connectivity index (χ1) is 60.2. The monoisotopic (exact) mass is 1760 g/mol. The summed E-state index contributed by atoms with van der Waals surface area (Å²) in [5.41, 5.74) is 3.48. The maximum absolute atomic E-state index is 15.7. The molecule has 35 nitrogen and oxygen atoms in total. The molecule has 0 radical (unpaired) electrons. The first-order valence-electron chi connectivity index (χ1n) is 41.6. The Morgan fingerprint density at radius 2 is 0.881 bits per heavy atom. The number of thioether (sulfide) groups is 1. The number of rotatable bonds is 27. The molecule has 1 aliphatic rings. The molecular formula is C90H114N14O21S. The van der Waals surface area contributed by atoms with Crippen molar-refractivity contribution in [2.45, 2.75) is 159 Å². The number of carboxylic acid groups (broad SMARTS) is 1. The van der Waals surface area contributed by atoms with Crippen molar-refractivity contribution in [1.82, 2.24) is 73.7 Å². The lowest BCUT2D eigenvalue weighted by Gasteiger charge is -2.33. The highest BCUT2D eigenvalue weighted by Crippen LogP contribution is 2.23. The van der Waals surface area contributed by atoms with Gasteiger partial charge in [0, 0.05) is 75.0 Å². The van der Waals surface area contributed by atoms with Crippen molar-refractivity contribution in [3.05, 3.63) is 197 Å². The minimum absolute atomic E-state index is 0.0462. The second-order valence-electron chi connectivity index (χ2n) is 31.9. The Balaban J connectivity index is 1.19. The van der Waals surface area contributed by atoms with E-state index in [1.165, 1.54) is 79.8 Å². The highest BCUT2D eigenvalue weighted by molar-refractivity contribution is 8.00. The zero-order valence-corrected chi connectivity index (χ0v) is 72.1. The molecule has 0 aliphatic carbocycles. The van der Waals surface area contributed by atoms with Gasteiger partial charge in [-0.05, 0) is 106 Å². The van der Waals surface area contributed by atoms with Crippen LogP contribution >= 0.6 is 11.8 Å². The molecule has 8 rings (SSSR count). The zero-order chi connectivity index (χ0) is 91.5. The van der Waals surface area contributed by atoms with Crippen molar-refractivity contribution >= 4 is 105 Å². The average Bonchev–Trinajstić information content (AvgIpc) is 1.55. The molecule has 13 amide bonds. The van der Waals surface area contributed by atoms with Crippen LogP contribution in [0, 0.1) is 17.8 Å². The Bertz CT molecular complexity index is 4830. The van der Waals surface area contributed by atoms with Crippen molar-refractivity contribution in [3.63, 3.8) is 0 Å². The molecule has 11 atom stereocenters. The minimum Gasteiger partial charge on any atom is -0.508 e. The lowest BCUT2D eigenvalue weighted by Crippen LogP contribution is -2.61. The second-order valence-corrected chi connectivity index (χ2v) is 33.0. The van der Waals surface area contributed by atoms with Crippen molar-refractivity contribution in [2.75, 3.05) is 64.7 Å². The number of aromatic amines is 1. The van der Waals surface area contributed by atoms with Crippen LogP contribution in [0.1, 0.15) is 87.8 Å². The molecule has 6 aromatic carbocycles. The molecule has 1 saturated heterocycles. The van der Waals surface area contributed by atoms with E-state index in [1.807, 2.05) is 0 Å². The second kappa shape index (κ2) is 49.5. The van der Waals surface area contributed by atoms with E-state index in [2.05, 4.69) is 68.8 Å². The van der Waals surface area contributed by atoms with Gasteiger partial charge in [-0.3, -0.25) is 62.3 Å². The molecular weight excluding hydrogens is 1650 g/mol. The number of phenolic OH excluding ortho intramolecular Hbond substituents is 3. The summed E-state index contributed by atoms with van der Waals surface area (Å²) < 4.78 is 10.6. The number of nitrogens with zero attached hydrogens (tertiary/aromatic N) is 1. The summed E-state index contributed by atoms with van der Waals surface area (Å²) in [6.07, 6.45) is 0.0689. The van der Waals surface area contributed by atoms with Gasteiger partial charge in [-0.15, -0.1) is 11.8 Å². The van der Waals surface area contributed by atoms with Crippen LogP contribution in [0.4, 0.5) is 0 Å².